The van der Waals surface area contributed by atoms with Gasteiger partial charge < -0.3 is 9.97 Å². The van der Waals surface area contributed by atoms with E-state index in [-0.39, 0.29) is 5.69 Å². The number of nitrogens with one attached hydrogen (secondary N) is 2. The number of nitrogens with zero attached hydrogens (tertiary/aromatic N) is 1. The summed E-state index contributed by atoms with van der Waals surface area (Å²) >= 11 is 0. The molecule has 0 spiro atoms. The van der Waals surface area contributed by atoms with Gasteiger partial charge >= 0.3 is 5.69 Å². The molecule has 4 nitrogen and oxygen atoms in total. The lowest BCUT2D eigenvalue weighted by atomic mass is 10.2. The van der Waals surface area contributed by atoms with Crippen LogP contribution < -0.4 is 5.69 Å². The van der Waals surface area contributed by atoms with E-state index in [0.717, 1.165) is 21.8 Å². The largest absolute Gasteiger partial charge is 0.361 e. The van der Waals surface area contributed by atoms with E-state index in [1.165, 1.54) is 0 Å². The van der Waals surface area contributed by atoms with Crippen LogP contribution in [-0.2, 0) is 0 Å². The van der Waals surface area contributed by atoms with E-state index >= 15 is 0 Å². The summed E-state index contributed by atoms with van der Waals surface area (Å²) in [6.07, 6.45) is 3.43. The Kier molecular flexibility index (Phi) is 1.28. The first-order chi connectivity index (χ1) is 6.84. The molecule has 0 fully saturated rings. The van der Waals surface area contributed by atoms with Gasteiger partial charge in [0, 0.05) is 28.7 Å². The van der Waals surface area contributed by atoms with Gasteiger partial charge in [-0.05, 0) is 18.2 Å². The lowest BCUT2D eigenvalue weighted by molar-refractivity contribution is 1.12. The molecule has 2 heterocycles. The number of hydrogen-bond acceptors (Lipinski definition) is 2. The third-order valence-electron chi connectivity index (χ3n) is 2.32. The predicted molar refractivity (Wildman–Crippen MR) is 54.2 cm³/mol. The Hall–Kier alpha value is -2.10. The molecule has 68 valence electrons. The predicted octanol–water partition coefficient (Wildman–Crippen LogP) is 1.40. The summed E-state index contributed by atoms with van der Waals surface area (Å²) in [4.78, 5) is 20.6. The van der Waals surface area contributed by atoms with Crippen molar-refractivity contribution in [1.29, 1.82) is 0 Å². The monoisotopic (exact) mass is 185 g/mol. The highest BCUT2D eigenvalue weighted by molar-refractivity contribution is 6.03. The summed E-state index contributed by atoms with van der Waals surface area (Å²) in [6.45, 7) is 0. The molecule has 0 atom stereocenters. The molecule has 0 aliphatic rings. The number of rotatable bonds is 0. The molecule has 2 N–H and O–H groups in total. The molecule has 0 radical (unpaired) electrons. The summed E-state index contributed by atoms with van der Waals surface area (Å²) in [5, 5.41) is 1.96. The Balaban J connectivity index is 2.66. The van der Waals surface area contributed by atoms with Gasteiger partial charge in [-0.3, -0.25) is 0 Å². The zero-order chi connectivity index (χ0) is 9.54. The van der Waals surface area contributed by atoms with E-state index in [1.54, 1.807) is 6.20 Å². The SMILES string of the molecule is O=c1ncc2ccc3[nH]ccc3c2[nH]1. The Labute approximate surface area is 78.6 Å². The highest BCUT2D eigenvalue weighted by Gasteiger charge is 2.01. The highest BCUT2D eigenvalue weighted by Crippen LogP contribution is 2.20. The topological polar surface area (TPSA) is 61.5 Å². The summed E-state index contributed by atoms with van der Waals surface area (Å²) in [6, 6.07) is 5.84. The first-order valence-corrected chi connectivity index (χ1v) is 4.30. The van der Waals surface area contributed by atoms with Crippen molar-refractivity contribution in [3.8, 4) is 0 Å². The Morgan fingerprint density at radius 2 is 2.14 bits per heavy atom. The molecule has 0 bridgehead atoms. The average Bonchev–Trinajstić information content (AvgIpc) is 2.65. The van der Waals surface area contributed by atoms with Crippen molar-refractivity contribution in [2.45, 2.75) is 0 Å². The molecule has 0 saturated carbocycles. The number of benzene rings is 1. The normalized spacial score (nSPS) is 11.1. The third-order valence-corrected chi connectivity index (χ3v) is 2.32. The number of fused-ring (bicyclic) bond motifs is 3. The molecular formula is C10H7N3O. The molecular weight excluding hydrogens is 178 g/mol. The van der Waals surface area contributed by atoms with Crippen LogP contribution in [-0.4, -0.2) is 15.0 Å². The second kappa shape index (κ2) is 2.45. The van der Waals surface area contributed by atoms with Crippen LogP contribution >= 0.6 is 0 Å². The highest BCUT2D eigenvalue weighted by atomic mass is 16.1. The maximum absolute atomic E-state index is 11.1. The fraction of sp³-hybridized carbons (Fsp3) is 0. The van der Waals surface area contributed by atoms with Gasteiger partial charge in [0.1, 0.15) is 0 Å². The van der Waals surface area contributed by atoms with Crippen molar-refractivity contribution < 1.29 is 0 Å². The lowest BCUT2D eigenvalue weighted by Crippen LogP contribution is -2.08. The van der Waals surface area contributed by atoms with Crippen molar-refractivity contribution >= 4 is 21.8 Å². The van der Waals surface area contributed by atoms with Crippen molar-refractivity contribution in [2.75, 3.05) is 0 Å². The minimum atomic E-state index is -0.314. The van der Waals surface area contributed by atoms with Gasteiger partial charge in [0.05, 0.1) is 5.52 Å². The van der Waals surface area contributed by atoms with Gasteiger partial charge in [0.2, 0.25) is 0 Å². The first kappa shape index (κ1) is 7.32. The third kappa shape index (κ3) is 0.877. The van der Waals surface area contributed by atoms with E-state index in [9.17, 15) is 4.79 Å². The molecule has 0 aliphatic carbocycles. The van der Waals surface area contributed by atoms with E-state index < -0.39 is 0 Å². The minimum Gasteiger partial charge on any atom is -0.361 e. The van der Waals surface area contributed by atoms with Crippen LogP contribution in [0, 0.1) is 0 Å². The summed E-state index contributed by atoms with van der Waals surface area (Å²) < 4.78 is 0. The number of H-pyrrole nitrogens is 2. The molecule has 1 aromatic carbocycles. The van der Waals surface area contributed by atoms with E-state index in [0.29, 0.717) is 0 Å². The lowest BCUT2D eigenvalue weighted by Gasteiger charge is -1.97. The van der Waals surface area contributed by atoms with Crippen LogP contribution in [0.5, 0.6) is 0 Å². The maximum atomic E-state index is 11.1. The van der Waals surface area contributed by atoms with Crippen molar-refractivity contribution in [3.05, 3.63) is 41.1 Å². The number of aromatic nitrogens is 3. The molecule has 4 heteroatoms. The standard InChI is InChI=1S/C10H7N3O/c14-10-12-5-6-1-2-8-7(3-4-11-8)9(6)13-10/h1-5,11H,(H,12,13,14). The van der Waals surface area contributed by atoms with Crippen LogP contribution in [0.4, 0.5) is 0 Å². The number of hydrogen-bond donors (Lipinski definition) is 2. The fourth-order valence-electron chi connectivity index (χ4n) is 1.66. The second-order valence-corrected chi connectivity index (χ2v) is 3.16. The average molecular weight is 185 g/mol. The Morgan fingerprint density at radius 3 is 3.07 bits per heavy atom. The van der Waals surface area contributed by atoms with Crippen LogP contribution in [0.1, 0.15) is 0 Å². The molecule has 3 aromatic rings. The molecule has 0 aliphatic heterocycles. The van der Waals surface area contributed by atoms with Crippen LogP contribution in [0.15, 0.2) is 35.4 Å². The second-order valence-electron chi connectivity index (χ2n) is 3.16. The summed E-state index contributed by atoms with van der Waals surface area (Å²) in [7, 11) is 0. The smallest absolute Gasteiger partial charge is 0.345 e. The van der Waals surface area contributed by atoms with Gasteiger partial charge in [-0.25, -0.2) is 9.78 Å². The zero-order valence-corrected chi connectivity index (χ0v) is 7.24. The van der Waals surface area contributed by atoms with E-state index in [2.05, 4.69) is 15.0 Å². The van der Waals surface area contributed by atoms with Crippen molar-refractivity contribution in [3.63, 3.8) is 0 Å². The van der Waals surface area contributed by atoms with Crippen molar-refractivity contribution in [1.82, 2.24) is 15.0 Å². The summed E-state index contributed by atoms with van der Waals surface area (Å²) in [5.74, 6) is 0. The first-order valence-electron chi connectivity index (χ1n) is 4.30. The Bertz CT molecular complexity index is 665. The molecule has 14 heavy (non-hydrogen) atoms. The molecule has 0 amide bonds. The van der Waals surface area contributed by atoms with Gasteiger partial charge in [-0.2, -0.15) is 0 Å². The molecule has 0 unspecified atom stereocenters. The fourth-order valence-corrected chi connectivity index (χ4v) is 1.66. The van der Waals surface area contributed by atoms with Gasteiger partial charge in [-0.15, -0.1) is 0 Å². The number of aromatic amines is 2. The van der Waals surface area contributed by atoms with Crippen LogP contribution in [0.3, 0.4) is 0 Å². The van der Waals surface area contributed by atoms with Crippen LogP contribution in [0.25, 0.3) is 21.8 Å². The van der Waals surface area contributed by atoms with E-state index in [4.69, 9.17) is 0 Å². The maximum Gasteiger partial charge on any atom is 0.345 e. The van der Waals surface area contributed by atoms with Gasteiger partial charge in [0.25, 0.3) is 0 Å². The molecule has 3 rings (SSSR count). The van der Waals surface area contributed by atoms with Crippen LogP contribution in [0.2, 0.25) is 0 Å². The Morgan fingerprint density at radius 1 is 1.21 bits per heavy atom. The zero-order valence-electron chi connectivity index (χ0n) is 7.24. The van der Waals surface area contributed by atoms with Gasteiger partial charge in [-0.1, -0.05) is 0 Å². The minimum absolute atomic E-state index is 0.314. The molecule has 2 aromatic heterocycles. The quantitative estimate of drug-likeness (QED) is 0.556. The van der Waals surface area contributed by atoms with Gasteiger partial charge in [0.15, 0.2) is 0 Å². The van der Waals surface area contributed by atoms with Crippen molar-refractivity contribution in [2.24, 2.45) is 0 Å². The van der Waals surface area contributed by atoms with E-state index in [1.807, 2.05) is 24.4 Å². The summed E-state index contributed by atoms with van der Waals surface area (Å²) in [5.41, 5.74) is 1.54. The molecule has 0 saturated heterocycles.